The Hall–Kier alpha value is -3.99. The Labute approximate surface area is 205 Å². The summed E-state index contributed by atoms with van der Waals surface area (Å²) in [4.78, 5) is 24.5. The topological polar surface area (TPSA) is 72.2 Å². The van der Waals surface area contributed by atoms with E-state index in [1.54, 1.807) is 4.68 Å². The number of hydrogen-bond acceptors (Lipinski definition) is 3. The van der Waals surface area contributed by atoms with Gasteiger partial charge in [0, 0.05) is 24.1 Å². The number of carboxylic acids is 1. The van der Waals surface area contributed by atoms with Crippen molar-refractivity contribution in [3.05, 3.63) is 101 Å². The molecule has 3 aromatic carbocycles. The Kier molecular flexibility index (Phi) is 8.23. The van der Waals surface area contributed by atoms with E-state index in [0.29, 0.717) is 18.5 Å². The predicted molar refractivity (Wildman–Crippen MR) is 140 cm³/mol. The van der Waals surface area contributed by atoms with Crippen LogP contribution in [0.4, 0.5) is 0 Å². The highest BCUT2D eigenvalue weighted by atomic mass is 16.4. The molecule has 0 aliphatic carbocycles. The number of hydrogen-bond donors (Lipinski definition) is 1. The van der Waals surface area contributed by atoms with Crippen molar-refractivity contribution in [3.63, 3.8) is 0 Å². The van der Waals surface area contributed by atoms with Gasteiger partial charge in [0.1, 0.15) is 0 Å². The molecule has 178 valence electrons. The fourth-order valence-corrected chi connectivity index (χ4v) is 4.35. The average molecular weight is 467 g/mol. The number of carbonyl (C=O) groups is 1. The number of aliphatic carboxylic acids is 1. The second-order valence-electron chi connectivity index (χ2n) is 8.64. The van der Waals surface area contributed by atoms with Crippen molar-refractivity contribution in [2.24, 2.45) is 0 Å². The minimum absolute atomic E-state index is 0.0967. The maximum absolute atomic E-state index is 13.8. The molecular weight excluding hydrogens is 436 g/mol. The second-order valence-corrected chi connectivity index (χ2v) is 8.64. The third kappa shape index (κ3) is 6.12. The highest BCUT2D eigenvalue weighted by Crippen LogP contribution is 2.36. The van der Waals surface area contributed by atoms with Gasteiger partial charge in [0.25, 0.3) is 5.56 Å². The van der Waals surface area contributed by atoms with E-state index in [-0.39, 0.29) is 12.0 Å². The molecule has 0 saturated heterocycles. The lowest BCUT2D eigenvalue weighted by Gasteiger charge is -2.18. The van der Waals surface area contributed by atoms with Crippen LogP contribution in [0.25, 0.3) is 33.5 Å². The van der Waals surface area contributed by atoms with E-state index in [1.807, 2.05) is 91.0 Å². The highest BCUT2D eigenvalue weighted by Gasteiger charge is 2.21. The van der Waals surface area contributed by atoms with E-state index in [9.17, 15) is 9.59 Å². The maximum atomic E-state index is 13.8. The van der Waals surface area contributed by atoms with Crippen LogP contribution in [0.15, 0.2) is 95.8 Å². The number of rotatable bonds is 11. The van der Waals surface area contributed by atoms with E-state index in [1.165, 1.54) is 0 Å². The van der Waals surface area contributed by atoms with Crippen molar-refractivity contribution in [1.29, 1.82) is 0 Å². The van der Waals surface area contributed by atoms with Crippen molar-refractivity contribution >= 4 is 5.97 Å². The van der Waals surface area contributed by atoms with Gasteiger partial charge in [0.15, 0.2) is 0 Å². The van der Waals surface area contributed by atoms with Crippen molar-refractivity contribution in [2.45, 2.75) is 45.1 Å². The molecule has 4 aromatic rings. The van der Waals surface area contributed by atoms with E-state index in [2.05, 4.69) is 0 Å². The Morgan fingerprint density at radius 1 is 0.657 bits per heavy atom. The first-order chi connectivity index (χ1) is 17.1. The number of carboxylic acid groups (broad SMARTS) is 1. The molecule has 5 heteroatoms. The number of aryl methyl sites for hydroxylation is 1. The van der Waals surface area contributed by atoms with E-state index >= 15 is 0 Å². The maximum Gasteiger partial charge on any atom is 0.303 e. The molecule has 0 radical (unpaired) electrons. The first-order valence-corrected chi connectivity index (χ1v) is 12.2. The summed E-state index contributed by atoms with van der Waals surface area (Å²) in [5.74, 6) is -0.749. The summed E-state index contributed by atoms with van der Waals surface area (Å²) >= 11 is 0. The normalized spacial score (nSPS) is 10.9. The molecule has 0 saturated carbocycles. The van der Waals surface area contributed by atoms with Crippen LogP contribution < -0.4 is 5.56 Å². The Morgan fingerprint density at radius 3 is 1.71 bits per heavy atom. The molecule has 5 nitrogen and oxygen atoms in total. The van der Waals surface area contributed by atoms with Gasteiger partial charge in [-0.1, -0.05) is 110 Å². The summed E-state index contributed by atoms with van der Waals surface area (Å²) in [6.07, 6.45) is 4.47. The zero-order valence-corrected chi connectivity index (χ0v) is 19.8. The summed E-state index contributed by atoms with van der Waals surface area (Å²) in [7, 11) is 0. The summed E-state index contributed by atoms with van der Waals surface area (Å²) in [6.45, 7) is 0.520. The van der Waals surface area contributed by atoms with Gasteiger partial charge in [-0.05, 0) is 24.0 Å². The molecule has 0 spiro atoms. The predicted octanol–water partition coefficient (Wildman–Crippen LogP) is 6.67. The molecular formula is C30H30N2O3. The number of unbranched alkanes of at least 4 members (excludes halogenated alkanes) is 4. The van der Waals surface area contributed by atoms with Gasteiger partial charge in [0.2, 0.25) is 0 Å². The molecule has 35 heavy (non-hydrogen) atoms. The third-order valence-corrected chi connectivity index (χ3v) is 6.09. The fraction of sp³-hybridized carbons (Fsp3) is 0.233. The van der Waals surface area contributed by atoms with Gasteiger partial charge in [-0.3, -0.25) is 9.59 Å². The lowest BCUT2D eigenvalue weighted by atomic mass is 9.92. The third-order valence-electron chi connectivity index (χ3n) is 6.09. The largest absolute Gasteiger partial charge is 0.481 e. The number of aromatic nitrogens is 2. The van der Waals surface area contributed by atoms with E-state index in [4.69, 9.17) is 10.2 Å². The molecule has 0 atom stereocenters. The van der Waals surface area contributed by atoms with Crippen LogP contribution in [0.2, 0.25) is 0 Å². The van der Waals surface area contributed by atoms with Crippen molar-refractivity contribution in [2.75, 3.05) is 0 Å². The smallest absolute Gasteiger partial charge is 0.303 e. The molecule has 1 N–H and O–H groups in total. The van der Waals surface area contributed by atoms with Crippen LogP contribution in [0, 0.1) is 0 Å². The van der Waals surface area contributed by atoms with Crippen LogP contribution in [0.3, 0.4) is 0 Å². The fourth-order valence-electron chi connectivity index (χ4n) is 4.35. The lowest BCUT2D eigenvalue weighted by Crippen LogP contribution is -2.26. The van der Waals surface area contributed by atoms with Crippen molar-refractivity contribution < 1.29 is 9.90 Å². The van der Waals surface area contributed by atoms with Crippen molar-refractivity contribution in [1.82, 2.24) is 9.78 Å². The molecule has 0 bridgehead atoms. The van der Waals surface area contributed by atoms with Gasteiger partial charge >= 0.3 is 5.97 Å². The lowest BCUT2D eigenvalue weighted by molar-refractivity contribution is -0.137. The molecule has 0 amide bonds. The molecule has 0 fully saturated rings. The minimum atomic E-state index is -0.749. The minimum Gasteiger partial charge on any atom is -0.481 e. The monoisotopic (exact) mass is 466 g/mol. The van der Waals surface area contributed by atoms with Crippen LogP contribution in [0.5, 0.6) is 0 Å². The Morgan fingerprint density at radius 2 is 1.14 bits per heavy atom. The first kappa shape index (κ1) is 24.1. The standard InChI is InChI=1S/C30H30N2O3/c33-26(34)21-13-2-1-3-14-22-32-30(35)28(24-17-9-5-10-18-24)27(23-15-7-4-8-16-23)29(31-32)25-19-11-6-12-20-25/h4-12,15-20H,1-3,13-14,21-22H2,(H,33,34). The van der Waals surface area contributed by atoms with Gasteiger partial charge < -0.3 is 5.11 Å². The SMILES string of the molecule is O=C(O)CCCCCCCn1nc(-c2ccccc2)c(-c2ccccc2)c(-c2ccccc2)c1=O. The van der Waals surface area contributed by atoms with E-state index in [0.717, 1.165) is 53.6 Å². The Bertz CT molecular complexity index is 1300. The molecule has 0 aliphatic heterocycles. The molecule has 0 unspecified atom stereocenters. The van der Waals surface area contributed by atoms with Gasteiger partial charge in [-0.25, -0.2) is 4.68 Å². The van der Waals surface area contributed by atoms with Gasteiger partial charge in [-0.2, -0.15) is 5.10 Å². The molecule has 1 heterocycles. The number of benzene rings is 3. The number of nitrogens with zero attached hydrogens (tertiary/aromatic N) is 2. The molecule has 4 rings (SSSR count). The van der Waals surface area contributed by atoms with Crippen LogP contribution in [-0.2, 0) is 11.3 Å². The zero-order valence-electron chi connectivity index (χ0n) is 19.8. The average Bonchev–Trinajstić information content (AvgIpc) is 2.90. The van der Waals surface area contributed by atoms with Gasteiger partial charge in [0.05, 0.1) is 11.3 Å². The van der Waals surface area contributed by atoms with Crippen LogP contribution in [0.1, 0.15) is 38.5 Å². The summed E-state index contributed by atoms with van der Waals surface area (Å²) < 4.78 is 1.61. The Balaban J connectivity index is 1.75. The highest BCUT2D eigenvalue weighted by molar-refractivity contribution is 5.92. The molecule has 1 aromatic heterocycles. The second kappa shape index (κ2) is 11.9. The van der Waals surface area contributed by atoms with E-state index < -0.39 is 5.97 Å². The van der Waals surface area contributed by atoms with Crippen LogP contribution >= 0.6 is 0 Å². The zero-order chi connectivity index (χ0) is 24.5. The van der Waals surface area contributed by atoms with Crippen molar-refractivity contribution in [3.8, 4) is 33.5 Å². The molecule has 0 aliphatic rings. The van der Waals surface area contributed by atoms with Crippen LogP contribution in [-0.4, -0.2) is 20.9 Å². The quantitative estimate of drug-likeness (QED) is 0.251. The summed E-state index contributed by atoms with van der Waals surface area (Å²) in [5.41, 5.74) is 4.99. The van der Waals surface area contributed by atoms with Gasteiger partial charge in [-0.15, -0.1) is 0 Å². The summed E-state index contributed by atoms with van der Waals surface area (Å²) in [5, 5.41) is 13.7. The first-order valence-electron chi connectivity index (χ1n) is 12.2. The summed E-state index contributed by atoms with van der Waals surface area (Å²) in [6, 6.07) is 29.8.